The molecular weight excluding hydrogens is 190 g/mol. The summed E-state index contributed by atoms with van der Waals surface area (Å²) in [6.45, 7) is 6.55. The topological polar surface area (TPSA) is 45.4 Å². The fourth-order valence-corrected chi connectivity index (χ4v) is 1.64. The van der Waals surface area contributed by atoms with Gasteiger partial charge in [-0.05, 0) is 32.4 Å². The summed E-state index contributed by atoms with van der Waals surface area (Å²) >= 11 is 0. The molecule has 0 spiro atoms. The Morgan fingerprint density at radius 1 is 1.60 bits per heavy atom. The molecule has 0 aliphatic rings. The molecule has 1 rings (SSSR count). The van der Waals surface area contributed by atoms with Crippen molar-refractivity contribution < 1.29 is 9.52 Å². The first-order valence-corrected chi connectivity index (χ1v) is 5.54. The minimum Gasteiger partial charge on any atom is -0.468 e. The van der Waals surface area contributed by atoms with Gasteiger partial charge in [-0.3, -0.25) is 0 Å². The molecule has 1 heterocycles. The van der Waals surface area contributed by atoms with Crippen LogP contribution >= 0.6 is 0 Å². The highest BCUT2D eigenvalue weighted by Gasteiger charge is 2.20. The molecule has 0 aromatic carbocycles. The van der Waals surface area contributed by atoms with Crippen LogP contribution in [-0.2, 0) is 0 Å². The van der Waals surface area contributed by atoms with Crippen molar-refractivity contribution in [1.82, 2.24) is 5.32 Å². The van der Waals surface area contributed by atoms with Gasteiger partial charge in [0.2, 0.25) is 0 Å². The van der Waals surface area contributed by atoms with E-state index in [1.54, 1.807) is 6.26 Å². The van der Waals surface area contributed by atoms with E-state index in [1.807, 2.05) is 26.0 Å². The highest BCUT2D eigenvalue weighted by atomic mass is 16.3. The summed E-state index contributed by atoms with van der Waals surface area (Å²) in [7, 11) is 0. The van der Waals surface area contributed by atoms with E-state index in [9.17, 15) is 5.11 Å². The molecule has 2 atom stereocenters. The van der Waals surface area contributed by atoms with Crippen molar-refractivity contribution in [3.8, 4) is 0 Å². The largest absolute Gasteiger partial charge is 0.468 e. The van der Waals surface area contributed by atoms with Crippen LogP contribution in [0.3, 0.4) is 0 Å². The van der Waals surface area contributed by atoms with Crippen LogP contribution in [-0.4, -0.2) is 17.3 Å². The molecule has 3 heteroatoms. The van der Waals surface area contributed by atoms with E-state index in [2.05, 4.69) is 12.2 Å². The second-order valence-corrected chi connectivity index (χ2v) is 4.36. The van der Waals surface area contributed by atoms with Gasteiger partial charge in [0.1, 0.15) is 5.76 Å². The fraction of sp³-hybridized carbons (Fsp3) is 0.667. The molecule has 1 aromatic rings. The molecule has 0 fully saturated rings. The summed E-state index contributed by atoms with van der Waals surface area (Å²) in [5.74, 6) is 0.905. The van der Waals surface area contributed by atoms with Gasteiger partial charge in [-0.1, -0.05) is 13.3 Å². The van der Waals surface area contributed by atoms with Crippen molar-refractivity contribution in [2.75, 3.05) is 6.54 Å². The van der Waals surface area contributed by atoms with Gasteiger partial charge in [-0.15, -0.1) is 0 Å². The zero-order valence-corrected chi connectivity index (χ0v) is 9.79. The minimum absolute atomic E-state index is 0.142. The quantitative estimate of drug-likeness (QED) is 0.760. The zero-order chi connectivity index (χ0) is 11.3. The van der Waals surface area contributed by atoms with Crippen molar-refractivity contribution in [2.24, 2.45) is 0 Å². The average Bonchev–Trinajstić information content (AvgIpc) is 2.67. The van der Waals surface area contributed by atoms with Crippen LogP contribution in [0.5, 0.6) is 0 Å². The number of furan rings is 1. The second-order valence-electron chi connectivity index (χ2n) is 4.36. The summed E-state index contributed by atoms with van der Waals surface area (Å²) in [5.41, 5.74) is -0.629. The SMILES string of the molecule is CCCC(C)(O)CNC(C)c1ccco1. The summed E-state index contributed by atoms with van der Waals surface area (Å²) in [5, 5.41) is 13.2. The molecule has 0 aliphatic carbocycles. The van der Waals surface area contributed by atoms with E-state index in [4.69, 9.17) is 4.42 Å². The highest BCUT2D eigenvalue weighted by molar-refractivity contribution is 5.03. The number of hydrogen-bond acceptors (Lipinski definition) is 3. The summed E-state index contributed by atoms with van der Waals surface area (Å²) in [4.78, 5) is 0. The van der Waals surface area contributed by atoms with E-state index in [0.29, 0.717) is 6.54 Å². The molecule has 1 aromatic heterocycles. The third-order valence-corrected chi connectivity index (χ3v) is 2.55. The normalized spacial score (nSPS) is 17.3. The maximum Gasteiger partial charge on any atom is 0.120 e. The first-order valence-electron chi connectivity index (χ1n) is 5.54. The van der Waals surface area contributed by atoms with E-state index >= 15 is 0 Å². The summed E-state index contributed by atoms with van der Waals surface area (Å²) in [6, 6.07) is 3.95. The Kier molecular flexibility index (Phi) is 4.36. The molecule has 0 bridgehead atoms. The Morgan fingerprint density at radius 2 is 2.33 bits per heavy atom. The van der Waals surface area contributed by atoms with Crippen molar-refractivity contribution in [2.45, 2.75) is 45.3 Å². The number of nitrogens with one attached hydrogen (secondary N) is 1. The predicted molar refractivity (Wildman–Crippen MR) is 60.7 cm³/mol. The van der Waals surface area contributed by atoms with Gasteiger partial charge in [-0.25, -0.2) is 0 Å². The molecule has 0 saturated carbocycles. The summed E-state index contributed by atoms with van der Waals surface area (Å²) in [6.07, 6.45) is 3.46. The van der Waals surface area contributed by atoms with E-state index in [1.165, 1.54) is 0 Å². The molecule has 2 N–H and O–H groups in total. The van der Waals surface area contributed by atoms with Crippen molar-refractivity contribution in [1.29, 1.82) is 0 Å². The van der Waals surface area contributed by atoms with Gasteiger partial charge in [0.05, 0.1) is 17.9 Å². The Hall–Kier alpha value is -0.800. The lowest BCUT2D eigenvalue weighted by Gasteiger charge is -2.24. The van der Waals surface area contributed by atoms with Gasteiger partial charge in [-0.2, -0.15) is 0 Å². The molecule has 0 aliphatic heterocycles. The van der Waals surface area contributed by atoms with Gasteiger partial charge < -0.3 is 14.8 Å². The molecule has 0 amide bonds. The van der Waals surface area contributed by atoms with Crippen LogP contribution in [0.2, 0.25) is 0 Å². The van der Waals surface area contributed by atoms with Crippen LogP contribution in [0.1, 0.15) is 45.4 Å². The minimum atomic E-state index is -0.629. The van der Waals surface area contributed by atoms with Crippen LogP contribution in [0, 0.1) is 0 Å². The Balaban J connectivity index is 2.37. The lowest BCUT2D eigenvalue weighted by Crippen LogP contribution is -2.38. The Labute approximate surface area is 91.5 Å². The standard InChI is InChI=1S/C12H21NO2/c1-4-7-12(3,14)9-13-10(2)11-6-5-8-15-11/h5-6,8,10,13-14H,4,7,9H2,1-3H3. The Morgan fingerprint density at radius 3 is 2.87 bits per heavy atom. The molecule has 15 heavy (non-hydrogen) atoms. The van der Waals surface area contributed by atoms with Gasteiger partial charge in [0, 0.05) is 6.54 Å². The first kappa shape index (κ1) is 12.3. The van der Waals surface area contributed by atoms with E-state index in [-0.39, 0.29) is 6.04 Å². The highest BCUT2D eigenvalue weighted by Crippen LogP contribution is 2.15. The summed E-state index contributed by atoms with van der Waals surface area (Å²) < 4.78 is 5.28. The van der Waals surface area contributed by atoms with Crippen LogP contribution < -0.4 is 5.32 Å². The monoisotopic (exact) mass is 211 g/mol. The Bertz CT molecular complexity index is 267. The molecule has 3 nitrogen and oxygen atoms in total. The van der Waals surface area contributed by atoms with Crippen molar-refractivity contribution in [3.05, 3.63) is 24.2 Å². The number of rotatable bonds is 6. The molecule has 86 valence electrons. The number of hydrogen-bond donors (Lipinski definition) is 2. The smallest absolute Gasteiger partial charge is 0.120 e. The second kappa shape index (κ2) is 5.33. The maximum atomic E-state index is 9.97. The van der Waals surface area contributed by atoms with E-state index in [0.717, 1.165) is 18.6 Å². The van der Waals surface area contributed by atoms with Crippen LogP contribution in [0.15, 0.2) is 22.8 Å². The molecular formula is C12H21NO2. The van der Waals surface area contributed by atoms with Gasteiger partial charge in [0.25, 0.3) is 0 Å². The van der Waals surface area contributed by atoms with Crippen LogP contribution in [0.25, 0.3) is 0 Å². The average molecular weight is 211 g/mol. The zero-order valence-electron chi connectivity index (χ0n) is 9.79. The fourth-order valence-electron chi connectivity index (χ4n) is 1.64. The lowest BCUT2D eigenvalue weighted by molar-refractivity contribution is 0.0470. The van der Waals surface area contributed by atoms with Crippen LogP contribution in [0.4, 0.5) is 0 Å². The molecule has 0 saturated heterocycles. The molecule has 2 unspecified atom stereocenters. The van der Waals surface area contributed by atoms with Crippen molar-refractivity contribution >= 4 is 0 Å². The first-order chi connectivity index (χ1) is 7.05. The third-order valence-electron chi connectivity index (χ3n) is 2.55. The number of aliphatic hydroxyl groups is 1. The van der Waals surface area contributed by atoms with Crippen molar-refractivity contribution in [3.63, 3.8) is 0 Å². The van der Waals surface area contributed by atoms with Gasteiger partial charge >= 0.3 is 0 Å². The lowest BCUT2D eigenvalue weighted by atomic mass is 10.0. The third kappa shape index (κ3) is 4.06. The van der Waals surface area contributed by atoms with E-state index < -0.39 is 5.60 Å². The predicted octanol–water partition coefficient (Wildman–Crippen LogP) is 2.48. The van der Waals surface area contributed by atoms with Gasteiger partial charge in [0.15, 0.2) is 0 Å². The molecule has 0 radical (unpaired) electrons. The maximum absolute atomic E-state index is 9.97.